The van der Waals surface area contributed by atoms with E-state index in [1.165, 1.54) is 0 Å². The van der Waals surface area contributed by atoms with Crippen molar-refractivity contribution in [2.75, 3.05) is 6.61 Å². The van der Waals surface area contributed by atoms with Gasteiger partial charge in [-0.1, -0.05) is 64.5 Å². The lowest BCUT2D eigenvalue weighted by Crippen LogP contribution is -2.02. The van der Waals surface area contributed by atoms with Crippen LogP contribution in [0.3, 0.4) is 0 Å². The van der Waals surface area contributed by atoms with Crippen molar-refractivity contribution in [2.24, 2.45) is 0 Å². The molecule has 4 rings (SSSR count). The van der Waals surface area contributed by atoms with E-state index in [1.54, 1.807) is 0 Å². The summed E-state index contributed by atoms with van der Waals surface area (Å²) >= 11 is 10.7. The molecule has 0 amide bonds. The first-order valence-electron chi connectivity index (χ1n) is 11.9. The molecule has 0 saturated carbocycles. The largest absolute Gasteiger partial charge is 0.490 e. The minimum Gasteiger partial charge on any atom is -0.490 e. The van der Waals surface area contributed by atoms with Gasteiger partial charge in [0, 0.05) is 4.47 Å². The molecule has 4 nitrogen and oxygen atoms in total. The molecule has 0 fully saturated rings. The maximum absolute atomic E-state index is 9.69. The van der Waals surface area contributed by atoms with Gasteiger partial charge in [-0.05, 0) is 104 Å². The average molecular weight is 698 g/mol. The quantitative estimate of drug-likeness (QED) is 0.122. The van der Waals surface area contributed by atoms with Crippen LogP contribution in [0.15, 0.2) is 98.3 Å². The molecule has 0 aliphatic carbocycles. The third kappa shape index (κ3) is 7.50. The van der Waals surface area contributed by atoms with E-state index in [1.807, 2.05) is 97.9 Å². The fraction of sp³-hybridized carbons (Fsp3) is 0.129. The Morgan fingerprint density at radius 1 is 0.763 bits per heavy atom. The smallest absolute Gasteiger partial charge is 0.161 e. The van der Waals surface area contributed by atoms with Gasteiger partial charge < -0.3 is 14.2 Å². The number of benzene rings is 4. The molecule has 7 heteroatoms. The zero-order valence-corrected chi connectivity index (χ0v) is 25.3. The molecule has 0 aliphatic rings. The molecular weight excluding hydrogens is 674 g/mol. The van der Waals surface area contributed by atoms with Crippen LogP contribution in [0.1, 0.15) is 29.2 Å². The molecule has 0 heterocycles. The van der Waals surface area contributed by atoms with E-state index in [9.17, 15) is 5.26 Å². The van der Waals surface area contributed by atoms with Gasteiger partial charge in [0.15, 0.2) is 11.5 Å². The summed E-state index contributed by atoms with van der Waals surface area (Å²) in [7, 11) is 0. The van der Waals surface area contributed by atoms with Crippen molar-refractivity contribution in [3.05, 3.63) is 121 Å². The molecule has 0 unspecified atom stereocenters. The van der Waals surface area contributed by atoms with E-state index in [0.717, 1.165) is 35.7 Å². The normalized spacial score (nSPS) is 11.1. The summed E-state index contributed by atoms with van der Waals surface area (Å²) in [4.78, 5) is 0. The standard InChI is InChI=1S/C31H24Br3NO3/c1-2-36-30-17-22(8-13-29(30)37-19-21-6-4-3-5-7-21)20-38-31-27(33)15-23(16-28(31)34)14-25(18-35)24-9-11-26(32)12-10-24/h3-17H,2,19-20H2,1H3/b25-14+. The van der Waals surface area contributed by atoms with Crippen molar-refractivity contribution in [1.82, 2.24) is 0 Å². The van der Waals surface area contributed by atoms with Gasteiger partial charge in [0.2, 0.25) is 0 Å². The molecule has 0 aromatic heterocycles. The number of nitriles is 1. The summed E-state index contributed by atoms with van der Waals surface area (Å²) < 4.78 is 20.5. The van der Waals surface area contributed by atoms with Gasteiger partial charge in [0.05, 0.1) is 27.2 Å². The monoisotopic (exact) mass is 695 g/mol. The number of allylic oxidation sites excluding steroid dienone is 1. The maximum Gasteiger partial charge on any atom is 0.161 e. The highest BCUT2D eigenvalue weighted by molar-refractivity contribution is 9.11. The summed E-state index contributed by atoms with van der Waals surface area (Å²) in [5, 5.41) is 9.69. The van der Waals surface area contributed by atoms with Crippen LogP contribution in [-0.4, -0.2) is 6.61 Å². The fourth-order valence-electron chi connectivity index (χ4n) is 3.70. The lowest BCUT2D eigenvalue weighted by atomic mass is 10.0. The SMILES string of the molecule is CCOc1cc(COc2c(Br)cc(/C=C(\C#N)c3ccc(Br)cc3)cc2Br)ccc1OCc1ccccc1. The minimum atomic E-state index is 0.341. The van der Waals surface area contributed by atoms with Gasteiger partial charge in [-0.3, -0.25) is 0 Å². The van der Waals surface area contributed by atoms with Crippen LogP contribution in [0, 0.1) is 11.3 Å². The average Bonchev–Trinajstić information content (AvgIpc) is 2.92. The van der Waals surface area contributed by atoms with Crippen LogP contribution >= 0.6 is 47.8 Å². The molecule has 0 N–H and O–H groups in total. The van der Waals surface area contributed by atoms with Crippen LogP contribution in [0.25, 0.3) is 11.6 Å². The second kappa shape index (κ2) is 13.7. The van der Waals surface area contributed by atoms with Crippen molar-refractivity contribution in [3.63, 3.8) is 0 Å². The van der Waals surface area contributed by atoms with Crippen molar-refractivity contribution in [3.8, 4) is 23.3 Å². The number of ether oxygens (including phenoxy) is 3. The maximum atomic E-state index is 9.69. The Balaban J connectivity index is 1.48. The summed E-state index contributed by atoms with van der Waals surface area (Å²) in [5.41, 5.74) is 4.33. The van der Waals surface area contributed by atoms with Gasteiger partial charge >= 0.3 is 0 Å². The van der Waals surface area contributed by atoms with Crippen molar-refractivity contribution in [2.45, 2.75) is 20.1 Å². The molecule has 0 bridgehead atoms. The second-order valence-corrected chi connectivity index (χ2v) is 10.9. The van der Waals surface area contributed by atoms with Crippen molar-refractivity contribution < 1.29 is 14.2 Å². The Morgan fingerprint density at radius 2 is 1.45 bits per heavy atom. The lowest BCUT2D eigenvalue weighted by Gasteiger charge is -2.15. The highest BCUT2D eigenvalue weighted by Crippen LogP contribution is 2.37. The third-order valence-corrected chi connectivity index (χ3v) is 7.24. The molecule has 0 atom stereocenters. The number of hydrogen-bond acceptors (Lipinski definition) is 4. The molecular formula is C31H24Br3NO3. The summed E-state index contributed by atoms with van der Waals surface area (Å²) in [6, 6.07) is 29.7. The Kier molecular flexibility index (Phi) is 10.1. The number of nitrogens with zero attached hydrogens (tertiary/aromatic N) is 1. The predicted molar refractivity (Wildman–Crippen MR) is 162 cm³/mol. The Hall–Kier alpha value is -3.05. The van der Waals surface area contributed by atoms with Gasteiger partial charge in [0.1, 0.15) is 19.0 Å². The Labute approximate surface area is 248 Å². The van der Waals surface area contributed by atoms with E-state index in [-0.39, 0.29) is 0 Å². The fourth-order valence-corrected chi connectivity index (χ4v) is 5.41. The van der Waals surface area contributed by atoms with E-state index < -0.39 is 0 Å². The highest BCUT2D eigenvalue weighted by Gasteiger charge is 2.12. The summed E-state index contributed by atoms with van der Waals surface area (Å²) in [6.07, 6.45) is 1.85. The van der Waals surface area contributed by atoms with Crippen LogP contribution in [0.2, 0.25) is 0 Å². The summed E-state index contributed by atoms with van der Waals surface area (Å²) in [5.74, 6) is 2.05. The zero-order valence-electron chi connectivity index (χ0n) is 20.6. The van der Waals surface area contributed by atoms with Crippen LogP contribution < -0.4 is 14.2 Å². The number of hydrogen-bond donors (Lipinski definition) is 0. The first kappa shape index (κ1) is 28.0. The topological polar surface area (TPSA) is 51.5 Å². The van der Waals surface area contributed by atoms with Gasteiger partial charge in [-0.15, -0.1) is 0 Å². The highest BCUT2D eigenvalue weighted by atomic mass is 79.9. The minimum absolute atomic E-state index is 0.341. The zero-order chi connectivity index (χ0) is 26.9. The van der Waals surface area contributed by atoms with Crippen LogP contribution in [-0.2, 0) is 13.2 Å². The number of halogens is 3. The van der Waals surface area contributed by atoms with Gasteiger partial charge in [0.25, 0.3) is 0 Å². The van der Waals surface area contributed by atoms with Crippen LogP contribution in [0.4, 0.5) is 0 Å². The third-order valence-electron chi connectivity index (χ3n) is 5.54. The van der Waals surface area contributed by atoms with E-state index in [4.69, 9.17) is 14.2 Å². The molecule has 0 aliphatic heterocycles. The Bertz CT molecular complexity index is 1440. The second-order valence-electron chi connectivity index (χ2n) is 8.27. The molecule has 0 radical (unpaired) electrons. The van der Waals surface area contributed by atoms with Crippen molar-refractivity contribution >= 4 is 59.4 Å². The summed E-state index contributed by atoms with van der Waals surface area (Å²) in [6.45, 7) is 3.28. The molecule has 0 spiro atoms. The molecule has 38 heavy (non-hydrogen) atoms. The van der Waals surface area contributed by atoms with Crippen LogP contribution in [0.5, 0.6) is 17.2 Å². The van der Waals surface area contributed by atoms with Crippen molar-refractivity contribution in [1.29, 1.82) is 5.26 Å². The molecule has 4 aromatic rings. The first-order chi connectivity index (χ1) is 18.5. The van der Waals surface area contributed by atoms with E-state index >= 15 is 0 Å². The molecule has 0 saturated heterocycles. The Morgan fingerprint density at radius 3 is 2.11 bits per heavy atom. The lowest BCUT2D eigenvalue weighted by molar-refractivity contribution is 0.266. The van der Waals surface area contributed by atoms with E-state index in [2.05, 4.69) is 53.9 Å². The predicted octanol–water partition coefficient (Wildman–Crippen LogP) is 9.59. The molecule has 4 aromatic carbocycles. The van der Waals surface area contributed by atoms with E-state index in [0.29, 0.717) is 42.6 Å². The molecule has 192 valence electrons. The first-order valence-corrected chi connectivity index (χ1v) is 14.3. The van der Waals surface area contributed by atoms with Gasteiger partial charge in [-0.25, -0.2) is 0 Å². The number of rotatable bonds is 10. The van der Waals surface area contributed by atoms with Gasteiger partial charge in [-0.2, -0.15) is 5.26 Å².